The second-order valence-electron chi connectivity index (χ2n) is 5.50. The molecule has 1 aromatic heterocycles. The molecule has 0 unspecified atom stereocenters. The zero-order valence-corrected chi connectivity index (χ0v) is 11.6. The van der Waals surface area contributed by atoms with Crippen molar-refractivity contribution in [1.82, 2.24) is 15.1 Å². The molecule has 4 nitrogen and oxygen atoms in total. The Morgan fingerprint density at radius 2 is 2.00 bits per heavy atom. The molecule has 0 radical (unpaired) electrons. The van der Waals surface area contributed by atoms with Crippen molar-refractivity contribution >= 4 is 5.91 Å². The number of carbonyl (C=O) groups excluding carboxylic acids is 1. The molecule has 18 heavy (non-hydrogen) atoms. The zero-order valence-electron chi connectivity index (χ0n) is 11.6. The number of aryl methyl sites for hydroxylation is 2. The molecule has 0 spiro atoms. The third-order valence-corrected chi connectivity index (χ3v) is 3.95. The molecule has 1 aliphatic rings. The first kappa shape index (κ1) is 13.1. The van der Waals surface area contributed by atoms with E-state index in [-0.39, 0.29) is 5.91 Å². The number of aromatic nitrogens is 2. The molecular formula is C14H23N3O. The van der Waals surface area contributed by atoms with Gasteiger partial charge in [0.1, 0.15) is 0 Å². The number of hydrogen-bond donors (Lipinski definition) is 1. The summed E-state index contributed by atoms with van der Waals surface area (Å²) in [6.07, 6.45) is 6.52. The summed E-state index contributed by atoms with van der Waals surface area (Å²) in [5.74, 6) is 0.782. The first-order valence-corrected chi connectivity index (χ1v) is 6.86. The van der Waals surface area contributed by atoms with Crippen molar-refractivity contribution in [2.24, 2.45) is 5.92 Å². The second kappa shape index (κ2) is 5.55. The minimum atomic E-state index is 0.101. The fraction of sp³-hybridized carbons (Fsp3) is 0.714. The maximum atomic E-state index is 12.4. The molecule has 1 amide bonds. The van der Waals surface area contributed by atoms with Gasteiger partial charge in [0.2, 0.25) is 0 Å². The maximum Gasteiger partial charge on any atom is 0.257 e. The molecule has 1 heterocycles. The lowest BCUT2D eigenvalue weighted by atomic mass is 9.89. The Morgan fingerprint density at radius 3 is 2.56 bits per heavy atom. The summed E-state index contributed by atoms with van der Waals surface area (Å²) in [5.41, 5.74) is 2.41. The number of hydrogen-bond acceptors (Lipinski definition) is 2. The molecule has 0 saturated heterocycles. The van der Waals surface area contributed by atoms with E-state index in [1.807, 2.05) is 25.8 Å². The van der Waals surface area contributed by atoms with Crippen molar-refractivity contribution < 1.29 is 4.79 Å². The molecule has 1 saturated carbocycles. The van der Waals surface area contributed by atoms with Gasteiger partial charge in [-0.15, -0.1) is 0 Å². The van der Waals surface area contributed by atoms with Crippen LogP contribution in [0.4, 0.5) is 0 Å². The maximum absolute atomic E-state index is 12.4. The molecule has 0 atom stereocenters. The van der Waals surface area contributed by atoms with Gasteiger partial charge in [0.05, 0.1) is 11.3 Å². The topological polar surface area (TPSA) is 49.0 Å². The Morgan fingerprint density at radius 1 is 1.33 bits per heavy atom. The molecular weight excluding hydrogens is 226 g/mol. The molecule has 1 aromatic rings. The van der Waals surface area contributed by atoms with Crippen LogP contribution < -0.4 is 0 Å². The first-order valence-electron chi connectivity index (χ1n) is 6.86. The van der Waals surface area contributed by atoms with E-state index in [0.29, 0.717) is 5.92 Å². The summed E-state index contributed by atoms with van der Waals surface area (Å²) in [6.45, 7) is 4.66. The average molecular weight is 249 g/mol. The lowest BCUT2D eigenvalue weighted by Crippen LogP contribution is -2.33. The zero-order chi connectivity index (χ0) is 13.1. The summed E-state index contributed by atoms with van der Waals surface area (Å²) in [5, 5.41) is 6.97. The van der Waals surface area contributed by atoms with Crippen molar-refractivity contribution in [3.63, 3.8) is 0 Å². The number of nitrogens with one attached hydrogen (secondary N) is 1. The van der Waals surface area contributed by atoms with Crippen LogP contribution in [0.5, 0.6) is 0 Å². The summed E-state index contributed by atoms with van der Waals surface area (Å²) >= 11 is 0. The Bertz CT molecular complexity index is 399. The van der Waals surface area contributed by atoms with E-state index in [4.69, 9.17) is 0 Å². The minimum absolute atomic E-state index is 0.101. The van der Waals surface area contributed by atoms with E-state index < -0.39 is 0 Å². The highest BCUT2D eigenvalue weighted by Gasteiger charge is 2.22. The van der Waals surface area contributed by atoms with Crippen LogP contribution >= 0.6 is 0 Å². The lowest BCUT2D eigenvalue weighted by molar-refractivity contribution is 0.0759. The molecule has 100 valence electrons. The standard InChI is InChI=1S/C14H23N3O/c1-10-13(11(2)16-15-10)14(18)17(3)9-12-7-5-4-6-8-12/h12H,4-9H2,1-3H3,(H,15,16). The molecule has 1 N–H and O–H groups in total. The van der Waals surface area contributed by atoms with Crippen LogP contribution in [0.25, 0.3) is 0 Å². The summed E-state index contributed by atoms with van der Waals surface area (Å²) < 4.78 is 0. The van der Waals surface area contributed by atoms with Crippen LogP contribution in [0.1, 0.15) is 53.8 Å². The number of carbonyl (C=O) groups is 1. The molecule has 4 heteroatoms. The van der Waals surface area contributed by atoms with Gasteiger partial charge >= 0.3 is 0 Å². The number of rotatable bonds is 3. The van der Waals surface area contributed by atoms with Crippen LogP contribution in [-0.4, -0.2) is 34.6 Å². The molecule has 0 aromatic carbocycles. The van der Waals surface area contributed by atoms with E-state index in [0.717, 1.165) is 23.5 Å². The van der Waals surface area contributed by atoms with Crippen molar-refractivity contribution in [1.29, 1.82) is 0 Å². The Balaban J connectivity index is 2.00. The quantitative estimate of drug-likeness (QED) is 0.895. The number of H-pyrrole nitrogens is 1. The second-order valence-corrected chi connectivity index (χ2v) is 5.50. The Kier molecular flexibility index (Phi) is 4.04. The van der Waals surface area contributed by atoms with Gasteiger partial charge in [-0.25, -0.2) is 0 Å². The van der Waals surface area contributed by atoms with E-state index in [2.05, 4.69) is 10.2 Å². The number of aromatic amines is 1. The van der Waals surface area contributed by atoms with E-state index in [1.54, 1.807) is 0 Å². The first-order chi connectivity index (χ1) is 8.59. The molecule has 2 rings (SSSR count). The van der Waals surface area contributed by atoms with Gasteiger partial charge < -0.3 is 4.90 Å². The molecule has 0 bridgehead atoms. The molecule has 0 aliphatic heterocycles. The largest absolute Gasteiger partial charge is 0.341 e. The van der Waals surface area contributed by atoms with Gasteiger partial charge in [-0.1, -0.05) is 19.3 Å². The van der Waals surface area contributed by atoms with Gasteiger partial charge in [0.15, 0.2) is 0 Å². The van der Waals surface area contributed by atoms with E-state index in [1.165, 1.54) is 32.1 Å². The van der Waals surface area contributed by atoms with Gasteiger partial charge in [0.25, 0.3) is 5.91 Å². The summed E-state index contributed by atoms with van der Waals surface area (Å²) in [4.78, 5) is 14.2. The minimum Gasteiger partial charge on any atom is -0.341 e. The Hall–Kier alpha value is -1.32. The van der Waals surface area contributed by atoms with Gasteiger partial charge in [-0.2, -0.15) is 5.10 Å². The highest BCUT2D eigenvalue weighted by Crippen LogP contribution is 2.24. The van der Waals surface area contributed by atoms with E-state index in [9.17, 15) is 4.79 Å². The third kappa shape index (κ3) is 2.74. The predicted octanol–water partition coefficient (Wildman–Crippen LogP) is 2.68. The van der Waals surface area contributed by atoms with Gasteiger partial charge in [0, 0.05) is 19.3 Å². The van der Waals surface area contributed by atoms with Gasteiger partial charge in [-0.3, -0.25) is 9.89 Å². The predicted molar refractivity (Wildman–Crippen MR) is 71.6 cm³/mol. The van der Waals surface area contributed by atoms with Crippen LogP contribution in [0, 0.1) is 19.8 Å². The molecule has 1 aliphatic carbocycles. The fourth-order valence-electron chi connectivity index (χ4n) is 2.90. The van der Waals surface area contributed by atoms with Crippen LogP contribution in [-0.2, 0) is 0 Å². The lowest BCUT2D eigenvalue weighted by Gasteiger charge is -2.27. The fourth-order valence-corrected chi connectivity index (χ4v) is 2.90. The van der Waals surface area contributed by atoms with Crippen LogP contribution in [0.2, 0.25) is 0 Å². The van der Waals surface area contributed by atoms with Crippen LogP contribution in [0.3, 0.4) is 0 Å². The number of amides is 1. The SMILES string of the molecule is Cc1n[nH]c(C)c1C(=O)N(C)CC1CCCCC1. The smallest absolute Gasteiger partial charge is 0.257 e. The molecule has 1 fully saturated rings. The van der Waals surface area contributed by atoms with Crippen molar-refractivity contribution in [3.8, 4) is 0 Å². The third-order valence-electron chi connectivity index (χ3n) is 3.95. The highest BCUT2D eigenvalue weighted by atomic mass is 16.2. The average Bonchev–Trinajstić information content (AvgIpc) is 2.69. The summed E-state index contributed by atoms with van der Waals surface area (Å²) in [6, 6.07) is 0. The Labute approximate surface area is 109 Å². The van der Waals surface area contributed by atoms with Crippen molar-refractivity contribution in [2.75, 3.05) is 13.6 Å². The summed E-state index contributed by atoms with van der Waals surface area (Å²) in [7, 11) is 1.91. The highest BCUT2D eigenvalue weighted by molar-refractivity contribution is 5.96. The van der Waals surface area contributed by atoms with Crippen molar-refractivity contribution in [3.05, 3.63) is 17.0 Å². The van der Waals surface area contributed by atoms with Gasteiger partial charge in [-0.05, 0) is 32.6 Å². The normalized spacial score (nSPS) is 16.8. The van der Waals surface area contributed by atoms with Crippen LogP contribution in [0.15, 0.2) is 0 Å². The van der Waals surface area contributed by atoms with E-state index >= 15 is 0 Å². The number of nitrogens with zero attached hydrogens (tertiary/aromatic N) is 2. The monoisotopic (exact) mass is 249 g/mol. The van der Waals surface area contributed by atoms with Crippen molar-refractivity contribution in [2.45, 2.75) is 46.0 Å².